The molecule has 110 valence electrons. The minimum atomic E-state index is -0.467. The molecule has 0 atom stereocenters. The number of rotatable bonds is 4. The van der Waals surface area contributed by atoms with Crippen LogP contribution in [0.1, 0.15) is 5.56 Å². The van der Waals surface area contributed by atoms with Crippen LogP contribution in [0.4, 0.5) is 5.69 Å². The predicted molar refractivity (Wildman–Crippen MR) is 92.3 cm³/mol. The fourth-order valence-corrected chi connectivity index (χ4v) is 3.78. The molecule has 0 spiro atoms. The summed E-state index contributed by atoms with van der Waals surface area (Å²) in [5.41, 5.74) is 0.922. The summed E-state index contributed by atoms with van der Waals surface area (Å²) in [7, 11) is 0. The maximum Gasteiger partial charge on any atom is 0.271 e. The highest BCUT2D eigenvalue weighted by Crippen LogP contribution is 2.40. The summed E-state index contributed by atoms with van der Waals surface area (Å²) in [6, 6.07) is 8.20. The van der Waals surface area contributed by atoms with Gasteiger partial charge in [0.15, 0.2) is 5.75 Å². The third-order valence-corrected chi connectivity index (χ3v) is 4.79. The Hall–Kier alpha value is -0.630. The van der Waals surface area contributed by atoms with E-state index in [1.54, 1.807) is 12.1 Å². The molecule has 21 heavy (non-hydrogen) atoms. The van der Waals surface area contributed by atoms with Gasteiger partial charge in [0.1, 0.15) is 5.75 Å². The Morgan fingerprint density at radius 3 is 2.19 bits per heavy atom. The molecule has 0 aliphatic carbocycles. The summed E-state index contributed by atoms with van der Waals surface area (Å²) in [5, 5.41) is 10.8. The van der Waals surface area contributed by atoms with E-state index in [1.807, 2.05) is 6.07 Å². The molecule has 0 saturated heterocycles. The molecule has 0 aromatic heterocycles. The van der Waals surface area contributed by atoms with Gasteiger partial charge in [0.05, 0.1) is 13.9 Å². The van der Waals surface area contributed by atoms with Crippen LogP contribution in [0.3, 0.4) is 0 Å². The maximum atomic E-state index is 10.8. The lowest BCUT2D eigenvalue weighted by Gasteiger charge is -2.11. The molecule has 8 heteroatoms. The van der Waals surface area contributed by atoms with Crippen LogP contribution < -0.4 is 4.74 Å². The minimum absolute atomic E-state index is 0.0280. The van der Waals surface area contributed by atoms with Crippen LogP contribution in [0.25, 0.3) is 0 Å². The second kappa shape index (κ2) is 7.09. The van der Waals surface area contributed by atoms with Crippen molar-refractivity contribution in [2.75, 3.05) is 0 Å². The third kappa shape index (κ3) is 3.97. The number of hydrogen-bond acceptors (Lipinski definition) is 3. The van der Waals surface area contributed by atoms with E-state index in [0.29, 0.717) is 26.3 Å². The van der Waals surface area contributed by atoms with Gasteiger partial charge in [-0.1, -0.05) is 22.0 Å². The standard InChI is InChI=1S/C13H7Br3ClNO3/c14-10-5-9(2-1-7(10)6-17)21-13-11(15)3-8(18(19)20)4-12(13)16/h1-5H,6H2. The normalized spacial score (nSPS) is 10.5. The van der Waals surface area contributed by atoms with Gasteiger partial charge >= 0.3 is 0 Å². The van der Waals surface area contributed by atoms with Crippen molar-refractivity contribution in [3.05, 3.63) is 59.4 Å². The summed E-state index contributed by atoms with van der Waals surface area (Å²) in [4.78, 5) is 10.3. The molecule has 0 aliphatic heterocycles. The van der Waals surface area contributed by atoms with E-state index < -0.39 is 4.92 Å². The fourth-order valence-electron chi connectivity index (χ4n) is 1.57. The van der Waals surface area contributed by atoms with Crippen molar-refractivity contribution in [3.8, 4) is 11.5 Å². The summed E-state index contributed by atoms with van der Waals surface area (Å²) < 4.78 is 7.58. The van der Waals surface area contributed by atoms with Crippen LogP contribution in [0.15, 0.2) is 43.7 Å². The molecule has 0 heterocycles. The first kappa shape index (κ1) is 16.7. The molecule has 0 fully saturated rings. The minimum Gasteiger partial charge on any atom is -0.455 e. The number of alkyl halides is 1. The lowest BCUT2D eigenvalue weighted by atomic mass is 10.2. The first-order valence-electron chi connectivity index (χ1n) is 5.58. The highest BCUT2D eigenvalue weighted by molar-refractivity contribution is 9.11. The van der Waals surface area contributed by atoms with Crippen LogP contribution in [0.5, 0.6) is 11.5 Å². The number of nitro benzene ring substituents is 1. The Morgan fingerprint density at radius 2 is 1.71 bits per heavy atom. The smallest absolute Gasteiger partial charge is 0.271 e. The van der Waals surface area contributed by atoms with Gasteiger partial charge in [0.2, 0.25) is 0 Å². The van der Waals surface area contributed by atoms with Gasteiger partial charge in [-0.25, -0.2) is 0 Å². The molecule has 0 saturated carbocycles. The van der Waals surface area contributed by atoms with Crippen molar-refractivity contribution in [2.45, 2.75) is 5.88 Å². The summed E-state index contributed by atoms with van der Waals surface area (Å²) in [6.07, 6.45) is 0. The average molecular weight is 500 g/mol. The van der Waals surface area contributed by atoms with Gasteiger partial charge in [0, 0.05) is 22.5 Å². The van der Waals surface area contributed by atoms with E-state index in [4.69, 9.17) is 16.3 Å². The zero-order valence-electron chi connectivity index (χ0n) is 10.3. The van der Waals surface area contributed by atoms with Crippen molar-refractivity contribution in [1.29, 1.82) is 0 Å². The molecule has 2 aromatic carbocycles. The van der Waals surface area contributed by atoms with Gasteiger partial charge in [-0.3, -0.25) is 10.1 Å². The first-order chi connectivity index (χ1) is 9.92. The van der Waals surface area contributed by atoms with Crippen LogP contribution >= 0.6 is 59.4 Å². The van der Waals surface area contributed by atoms with Crippen LogP contribution in [-0.4, -0.2) is 4.92 Å². The number of halogens is 4. The zero-order chi connectivity index (χ0) is 15.6. The predicted octanol–water partition coefficient (Wildman–Crippen LogP) is 6.41. The molecular weight excluding hydrogens is 493 g/mol. The van der Waals surface area contributed by atoms with Crippen molar-refractivity contribution in [1.82, 2.24) is 0 Å². The Labute approximate surface area is 151 Å². The number of non-ortho nitro benzene ring substituents is 1. The average Bonchev–Trinajstić information content (AvgIpc) is 2.42. The lowest BCUT2D eigenvalue weighted by Crippen LogP contribution is -1.92. The van der Waals surface area contributed by atoms with Crippen molar-refractivity contribution in [2.24, 2.45) is 0 Å². The number of ether oxygens (including phenoxy) is 1. The highest BCUT2D eigenvalue weighted by atomic mass is 79.9. The molecule has 4 nitrogen and oxygen atoms in total. The number of nitrogens with zero attached hydrogens (tertiary/aromatic N) is 1. The number of benzene rings is 2. The molecule has 0 N–H and O–H groups in total. The van der Waals surface area contributed by atoms with E-state index in [0.717, 1.165) is 10.0 Å². The van der Waals surface area contributed by atoms with Gasteiger partial charge in [-0.2, -0.15) is 0 Å². The molecule has 0 bridgehead atoms. The molecule has 0 radical (unpaired) electrons. The van der Waals surface area contributed by atoms with Crippen LogP contribution in [0, 0.1) is 10.1 Å². The quantitative estimate of drug-likeness (QED) is 0.277. The lowest BCUT2D eigenvalue weighted by molar-refractivity contribution is -0.385. The van der Waals surface area contributed by atoms with E-state index in [1.165, 1.54) is 12.1 Å². The molecular formula is C13H7Br3ClNO3. The van der Waals surface area contributed by atoms with Gasteiger partial charge < -0.3 is 4.74 Å². The molecule has 2 rings (SSSR count). The van der Waals surface area contributed by atoms with E-state index in [9.17, 15) is 10.1 Å². The second-order valence-corrected chi connectivity index (χ2v) is 6.81. The summed E-state index contributed by atoms with van der Waals surface area (Å²) in [6.45, 7) is 0. The number of nitro groups is 1. The van der Waals surface area contributed by atoms with Crippen molar-refractivity contribution in [3.63, 3.8) is 0 Å². The van der Waals surface area contributed by atoms with Crippen LogP contribution in [-0.2, 0) is 5.88 Å². The number of hydrogen-bond donors (Lipinski definition) is 0. The topological polar surface area (TPSA) is 52.4 Å². The monoisotopic (exact) mass is 497 g/mol. The molecule has 0 amide bonds. The van der Waals surface area contributed by atoms with Gasteiger partial charge in [-0.05, 0) is 49.6 Å². The maximum absolute atomic E-state index is 10.8. The van der Waals surface area contributed by atoms with E-state index in [2.05, 4.69) is 47.8 Å². The molecule has 0 aliphatic rings. The van der Waals surface area contributed by atoms with Gasteiger partial charge in [-0.15, -0.1) is 11.6 Å². The van der Waals surface area contributed by atoms with Crippen molar-refractivity contribution >= 4 is 65.1 Å². The van der Waals surface area contributed by atoms with Gasteiger partial charge in [0.25, 0.3) is 5.69 Å². The van der Waals surface area contributed by atoms with E-state index in [-0.39, 0.29) is 5.69 Å². The SMILES string of the molecule is O=[N+]([O-])c1cc(Br)c(Oc2ccc(CCl)c(Br)c2)c(Br)c1. The molecule has 0 unspecified atom stereocenters. The Kier molecular flexibility index (Phi) is 5.65. The Morgan fingerprint density at radius 1 is 1.10 bits per heavy atom. The highest BCUT2D eigenvalue weighted by Gasteiger charge is 2.16. The van der Waals surface area contributed by atoms with Crippen LogP contribution in [0.2, 0.25) is 0 Å². The summed E-state index contributed by atoms with van der Waals surface area (Å²) in [5.74, 6) is 1.45. The fraction of sp³-hybridized carbons (Fsp3) is 0.0769. The molecule has 2 aromatic rings. The largest absolute Gasteiger partial charge is 0.455 e. The third-order valence-electron chi connectivity index (χ3n) is 2.58. The second-order valence-electron chi connectivity index (χ2n) is 3.98. The Balaban J connectivity index is 2.35. The Bertz CT molecular complexity index is 686. The zero-order valence-corrected chi connectivity index (χ0v) is 15.8. The van der Waals surface area contributed by atoms with E-state index >= 15 is 0 Å². The summed E-state index contributed by atoms with van der Waals surface area (Å²) >= 11 is 15.8. The first-order valence-corrected chi connectivity index (χ1v) is 8.49. The van der Waals surface area contributed by atoms with Crippen molar-refractivity contribution < 1.29 is 9.66 Å².